The number of halogens is 2. The van der Waals surface area contributed by atoms with E-state index >= 15 is 0 Å². The SMILES string of the molecule is O=C(Nc1ccc(NN2CCCC2)cc1)C(NC(=S)Nc1ccc(Cl)cc1Cl)c1ccccc1. The molecule has 0 aliphatic carbocycles. The second-order valence-electron chi connectivity index (χ2n) is 7.94. The van der Waals surface area contributed by atoms with Crippen LogP contribution in [0.2, 0.25) is 10.0 Å². The minimum atomic E-state index is -0.713. The molecule has 1 aliphatic heterocycles. The molecule has 0 spiro atoms. The fraction of sp³-hybridized carbons (Fsp3) is 0.200. The molecule has 34 heavy (non-hydrogen) atoms. The minimum Gasteiger partial charge on any atom is -0.347 e. The van der Waals surface area contributed by atoms with Gasteiger partial charge in [0, 0.05) is 29.5 Å². The van der Waals surface area contributed by atoms with Gasteiger partial charge in [0.2, 0.25) is 0 Å². The molecule has 176 valence electrons. The van der Waals surface area contributed by atoms with E-state index in [1.54, 1.807) is 18.2 Å². The van der Waals surface area contributed by atoms with Crippen LogP contribution in [0.15, 0.2) is 72.8 Å². The first-order valence-corrected chi connectivity index (χ1v) is 12.1. The number of amides is 1. The third kappa shape index (κ3) is 6.61. The highest BCUT2D eigenvalue weighted by atomic mass is 35.5. The fourth-order valence-electron chi connectivity index (χ4n) is 3.68. The van der Waals surface area contributed by atoms with Crippen molar-refractivity contribution in [2.45, 2.75) is 18.9 Å². The first kappa shape index (κ1) is 24.3. The van der Waals surface area contributed by atoms with Gasteiger partial charge in [0.25, 0.3) is 5.91 Å². The Morgan fingerprint density at radius 3 is 2.24 bits per heavy atom. The Morgan fingerprint density at radius 1 is 0.882 bits per heavy atom. The molecular weight excluding hydrogens is 489 g/mol. The molecule has 1 atom stereocenters. The van der Waals surface area contributed by atoms with Gasteiger partial charge in [0.15, 0.2) is 5.11 Å². The van der Waals surface area contributed by atoms with E-state index in [1.165, 1.54) is 12.8 Å². The molecule has 3 aromatic carbocycles. The van der Waals surface area contributed by atoms with E-state index in [0.29, 0.717) is 21.4 Å². The van der Waals surface area contributed by atoms with Crippen molar-refractivity contribution >= 4 is 63.5 Å². The average molecular weight is 514 g/mol. The molecule has 9 heteroatoms. The van der Waals surface area contributed by atoms with Crippen molar-refractivity contribution in [2.75, 3.05) is 29.1 Å². The highest BCUT2D eigenvalue weighted by Gasteiger charge is 2.22. The van der Waals surface area contributed by atoms with Crippen molar-refractivity contribution in [2.24, 2.45) is 0 Å². The Labute approximate surface area is 214 Å². The Hall–Kier alpha value is -2.84. The summed E-state index contributed by atoms with van der Waals surface area (Å²) in [5.74, 6) is -0.238. The van der Waals surface area contributed by atoms with Gasteiger partial charge in [-0.05, 0) is 73.1 Å². The quantitative estimate of drug-likeness (QED) is 0.287. The number of nitrogens with zero attached hydrogens (tertiary/aromatic N) is 1. The van der Waals surface area contributed by atoms with Crippen LogP contribution in [0.25, 0.3) is 0 Å². The van der Waals surface area contributed by atoms with Gasteiger partial charge in [-0.2, -0.15) is 0 Å². The van der Waals surface area contributed by atoms with E-state index in [4.69, 9.17) is 35.4 Å². The second-order valence-corrected chi connectivity index (χ2v) is 9.19. The number of hydrazine groups is 1. The second kappa shape index (κ2) is 11.5. The normalized spacial score (nSPS) is 14.3. The smallest absolute Gasteiger partial charge is 0.251 e. The van der Waals surface area contributed by atoms with Crippen LogP contribution < -0.4 is 21.4 Å². The summed E-state index contributed by atoms with van der Waals surface area (Å²) in [6.45, 7) is 2.08. The van der Waals surface area contributed by atoms with E-state index in [2.05, 4.69) is 26.4 Å². The van der Waals surface area contributed by atoms with Crippen LogP contribution in [0, 0.1) is 0 Å². The number of carbonyl (C=O) groups is 1. The topological polar surface area (TPSA) is 68.4 Å². The minimum absolute atomic E-state index is 0.238. The number of anilines is 3. The largest absolute Gasteiger partial charge is 0.347 e. The predicted molar refractivity (Wildman–Crippen MR) is 145 cm³/mol. The standard InChI is InChI=1S/C25H25Cl2N5OS/c26-18-8-13-22(21(27)16-18)29-25(34)30-23(17-6-2-1-3-7-17)24(33)28-19-9-11-20(12-10-19)31-32-14-4-5-15-32/h1-3,6-13,16,23,31H,4-5,14-15H2,(H,28,33)(H2,29,30,34). The molecule has 1 heterocycles. The van der Waals surface area contributed by atoms with Gasteiger partial charge in [-0.15, -0.1) is 0 Å². The molecule has 0 bridgehead atoms. The average Bonchev–Trinajstić information content (AvgIpc) is 3.34. The summed E-state index contributed by atoms with van der Waals surface area (Å²) in [4.78, 5) is 13.2. The third-order valence-corrected chi connectivity index (χ3v) is 6.16. The summed E-state index contributed by atoms with van der Waals surface area (Å²) in [6, 6.07) is 21.4. The fourth-order valence-corrected chi connectivity index (χ4v) is 4.36. The van der Waals surface area contributed by atoms with Crippen LogP contribution in [0.3, 0.4) is 0 Å². The van der Waals surface area contributed by atoms with Gasteiger partial charge >= 0.3 is 0 Å². The maximum absolute atomic E-state index is 13.2. The predicted octanol–water partition coefficient (Wildman–Crippen LogP) is 6.08. The Morgan fingerprint density at radius 2 is 1.56 bits per heavy atom. The molecule has 1 fully saturated rings. The van der Waals surface area contributed by atoms with Crippen LogP contribution in [0.5, 0.6) is 0 Å². The molecule has 3 aromatic rings. The Kier molecular flexibility index (Phi) is 8.24. The molecule has 0 saturated carbocycles. The van der Waals surface area contributed by atoms with E-state index in [9.17, 15) is 4.79 Å². The third-order valence-electron chi connectivity index (χ3n) is 5.40. The molecule has 0 aromatic heterocycles. The first-order chi connectivity index (χ1) is 16.5. The summed E-state index contributed by atoms with van der Waals surface area (Å²) < 4.78 is 0. The summed E-state index contributed by atoms with van der Waals surface area (Å²) in [5, 5.41) is 12.5. The van der Waals surface area contributed by atoms with Crippen molar-refractivity contribution in [1.82, 2.24) is 10.3 Å². The Bertz CT molecular complexity index is 1140. The summed E-state index contributed by atoms with van der Waals surface area (Å²) in [5.41, 5.74) is 6.44. The maximum Gasteiger partial charge on any atom is 0.251 e. The molecule has 1 unspecified atom stereocenters. The van der Waals surface area contributed by atoms with Gasteiger partial charge in [-0.25, -0.2) is 5.01 Å². The van der Waals surface area contributed by atoms with E-state index in [1.807, 2.05) is 54.6 Å². The highest BCUT2D eigenvalue weighted by molar-refractivity contribution is 7.80. The van der Waals surface area contributed by atoms with Crippen molar-refractivity contribution in [3.63, 3.8) is 0 Å². The maximum atomic E-state index is 13.2. The van der Waals surface area contributed by atoms with Crippen molar-refractivity contribution in [3.8, 4) is 0 Å². The number of nitrogens with one attached hydrogen (secondary N) is 4. The Balaban J connectivity index is 1.43. The van der Waals surface area contributed by atoms with Crippen molar-refractivity contribution in [3.05, 3.63) is 88.4 Å². The molecule has 1 amide bonds. The van der Waals surface area contributed by atoms with Crippen LogP contribution >= 0.6 is 35.4 Å². The lowest BCUT2D eigenvalue weighted by Crippen LogP contribution is -2.39. The van der Waals surface area contributed by atoms with E-state index in [-0.39, 0.29) is 11.0 Å². The summed E-state index contributed by atoms with van der Waals surface area (Å²) in [6.07, 6.45) is 2.41. The molecule has 4 N–H and O–H groups in total. The summed E-state index contributed by atoms with van der Waals surface area (Å²) >= 11 is 17.7. The van der Waals surface area contributed by atoms with Crippen LogP contribution in [0.1, 0.15) is 24.4 Å². The number of hydrogen-bond acceptors (Lipinski definition) is 4. The lowest BCUT2D eigenvalue weighted by atomic mass is 10.1. The first-order valence-electron chi connectivity index (χ1n) is 11.0. The van der Waals surface area contributed by atoms with Gasteiger partial charge in [0.1, 0.15) is 6.04 Å². The van der Waals surface area contributed by atoms with Crippen LogP contribution in [-0.2, 0) is 4.79 Å². The van der Waals surface area contributed by atoms with Gasteiger partial charge in [-0.1, -0.05) is 53.5 Å². The van der Waals surface area contributed by atoms with Gasteiger partial charge < -0.3 is 21.4 Å². The molecule has 1 saturated heterocycles. The number of carbonyl (C=O) groups excluding carboxylic acids is 1. The molecule has 1 aliphatic rings. The lowest BCUT2D eigenvalue weighted by molar-refractivity contribution is -0.117. The highest BCUT2D eigenvalue weighted by Crippen LogP contribution is 2.26. The number of thiocarbonyl (C=S) groups is 1. The number of benzene rings is 3. The van der Waals surface area contributed by atoms with Gasteiger partial charge in [-0.3, -0.25) is 4.79 Å². The van der Waals surface area contributed by atoms with Crippen molar-refractivity contribution in [1.29, 1.82) is 0 Å². The lowest BCUT2D eigenvalue weighted by Gasteiger charge is -2.22. The monoisotopic (exact) mass is 513 g/mol. The van der Waals surface area contributed by atoms with E-state index in [0.717, 1.165) is 24.3 Å². The van der Waals surface area contributed by atoms with Crippen LogP contribution in [0.4, 0.5) is 17.1 Å². The molecule has 6 nitrogen and oxygen atoms in total. The number of hydrogen-bond donors (Lipinski definition) is 4. The molecule has 4 rings (SSSR count). The number of rotatable bonds is 7. The van der Waals surface area contributed by atoms with Gasteiger partial charge in [0.05, 0.1) is 10.7 Å². The van der Waals surface area contributed by atoms with Crippen LogP contribution in [-0.4, -0.2) is 29.1 Å². The molecule has 0 radical (unpaired) electrons. The van der Waals surface area contributed by atoms with Crippen molar-refractivity contribution < 1.29 is 4.79 Å². The zero-order valence-corrected chi connectivity index (χ0v) is 20.7. The molecular formula is C25H25Cl2N5OS. The zero-order valence-electron chi connectivity index (χ0n) is 18.4. The zero-order chi connectivity index (χ0) is 23.9. The summed E-state index contributed by atoms with van der Waals surface area (Å²) in [7, 11) is 0. The van der Waals surface area contributed by atoms with E-state index < -0.39 is 6.04 Å².